The van der Waals surface area contributed by atoms with Gasteiger partial charge in [-0.2, -0.15) is 0 Å². The highest BCUT2D eigenvalue weighted by molar-refractivity contribution is 8.15. The molecule has 1 aromatic rings. The van der Waals surface area contributed by atoms with Crippen LogP contribution in [0.1, 0.15) is 42.2 Å². The Kier molecular flexibility index (Phi) is 5.88. The van der Waals surface area contributed by atoms with Crippen LogP contribution < -0.4 is 5.32 Å². The van der Waals surface area contributed by atoms with Crippen LogP contribution in [0.25, 0.3) is 0 Å². The number of allylic oxidation sites excluding steroid dienone is 4. The number of carbonyl (C=O) groups is 3. The number of ketones is 1. The molecule has 1 N–H and O–H groups in total. The van der Waals surface area contributed by atoms with Crippen LogP contribution in [0.2, 0.25) is 0 Å². The molecule has 1 aromatic heterocycles. The number of hydrogen-bond acceptors (Lipinski definition) is 6. The minimum absolute atomic E-state index is 0.0388. The fourth-order valence-corrected chi connectivity index (χ4v) is 3.63. The van der Waals surface area contributed by atoms with Crippen molar-refractivity contribution in [3.8, 4) is 0 Å². The number of imide groups is 1. The van der Waals surface area contributed by atoms with E-state index in [1.807, 2.05) is 25.1 Å². The van der Waals surface area contributed by atoms with Gasteiger partial charge in [0.2, 0.25) is 11.7 Å². The first-order chi connectivity index (χ1) is 12.5. The normalized spacial score (nSPS) is 19.7. The zero-order valence-corrected chi connectivity index (χ0v) is 15.3. The number of thioether (sulfide) groups is 1. The van der Waals surface area contributed by atoms with Crippen LogP contribution >= 0.6 is 11.8 Å². The molecular weight excluding hydrogens is 352 g/mol. The molecule has 0 saturated carbocycles. The number of carbonyl (C=O) groups excluding carboxylic acids is 3. The van der Waals surface area contributed by atoms with Crippen molar-refractivity contribution in [3.05, 3.63) is 53.1 Å². The first-order valence-corrected chi connectivity index (χ1v) is 9.44. The number of Topliss-reactive ketones (excluding diaryl/α,β-unsaturated/α-hetero) is 1. The zero-order valence-electron chi connectivity index (χ0n) is 14.5. The van der Waals surface area contributed by atoms with Crippen molar-refractivity contribution in [2.24, 2.45) is 0 Å². The Hall–Kier alpha value is -2.41. The van der Waals surface area contributed by atoms with Crippen molar-refractivity contribution in [1.82, 2.24) is 10.3 Å². The lowest BCUT2D eigenvalue weighted by atomic mass is 9.99. The molecule has 1 saturated heterocycles. The van der Waals surface area contributed by atoms with Crippen molar-refractivity contribution in [2.45, 2.75) is 37.9 Å². The summed E-state index contributed by atoms with van der Waals surface area (Å²) >= 11 is 1.04. The Morgan fingerprint density at radius 3 is 2.73 bits per heavy atom. The summed E-state index contributed by atoms with van der Waals surface area (Å²) in [5.41, 5.74) is 2.59. The van der Waals surface area contributed by atoms with E-state index in [0.29, 0.717) is 18.5 Å². The summed E-state index contributed by atoms with van der Waals surface area (Å²) < 4.78 is 5.60. The number of aromatic nitrogens is 1. The predicted octanol–water partition coefficient (Wildman–Crippen LogP) is 3.19. The summed E-state index contributed by atoms with van der Waals surface area (Å²) in [6.07, 6.45) is 8.32. The molecule has 0 radical (unpaired) electrons. The monoisotopic (exact) mass is 372 g/mol. The molecule has 3 rings (SSSR count). The fraction of sp³-hybridized carbons (Fsp3) is 0.368. The number of nitrogens with zero attached hydrogens (tertiary/aromatic N) is 1. The first kappa shape index (κ1) is 18.4. The Balaban J connectivity index is 1.50. The highest BCUT2D eigenvalue weighted by atomic mass is 32.2. The number of nitrogens with one attached hydrogen (secondary N) is 1. The highest BCUT2D eigenvalue weighted by Crippen LogP contribution is 2.29. The van der Waals surface area contributed by atoms with E-state index in [0.717, 1.165) is 41.5 Å². The van der Waals surface area contributed by atoms with E-state index in [1.165, 1.54) is 0 Å². The van der Waals surface area contributed by atoms with E-state index >= 15 is 0 Å². The minimum Gasteiger partial charge on any atom is -0.490 e. The van der Waals surface area contributed by atoms with Gasteiger partial charge >= 0.3 is 0 Å². The SMILES string of the molecule is CCc1ccc(C(=O)COC2=CC=C(CC3SC(=O)NC3=O)CC2)nc1. The molecule has 0 aromatic carbocycles. The summed E-state index contributed by atoms with van der Waals surface area (Å²) in [4.78, 5) is 39.1. The smallest absolute Gasteiger partial charge is 0.286 e. The van der Waals surface area contributed by atoms with Crippen molar-refractivity contribution >= 4 is 28.7 Å². The summed E-state index contributed by atoms with van der Waals surface area (Å²) in [6.45, 7) is 2.00. The maximum atomic E-state index is 12.1. The number of amides is 2. The zero-order chi connectivity index (χ0) is 18.5. The maximum Gasteiger partial charge on any atom is 0.286 e. The molecule has 2 amide bonds. The summed E-state index contributed by atoms with van der Waals surface area (Å²) in [7, 11) is 0. The molecule has 136 valence electrons. The van der Waals surface area contributed by atoms with Crippen molar-refractivity contribution in [2.75, 3.05) is 6.61 Å². The lowest BCUT2D eigenvalue weighted by Gasteiger charge is -2.16. The molecule has 0 bridgehead atoms. The number of rotatable bonds is 7. The molecule has 1 unspecified atom stereocenters. The largest absolute Gasteiger partial charge is 0.490 e. The standard InChI is InChI=1S/C19H20N2O4S/c1-2-12-5-8-15(20-10-12)16(22)11-25-14-6-3-13(4-7-14)9-17-18(23)21-19(24)26-17/h3,5-6,8,10,17H,2,4,7,9,11H2,1H3,(H,21,23,24). The Morgan fingerprint density at radius 2 is 2.15 bits per heavy atom. The van der Waals surface area contributed by atoms with E-state index in [9.17, 15) is 14.4 Å². The second kappa shape index (κ2) is 8.31. The summed E-state index contributed by atoms with van der Waals surface area (Å²) in [6, 6.07) is 3.63. The number of ether oxygens (including phenoxy) is 1. The topological polar surface area (TPSA) is 85.4 Å². The van der Waals surface area contributed by atoms with E-state index in [2.05, 4.69) is 10.3 Å². The summed E-state index contributed by atoms with van der Waals surface area (Å²) in [5, 5.41) is 1.67. The van der Waals surface area contributed by atoms with E-state index in [1.54, 1.807) is 12.3 Å². The van der Waals surface area contributed by atoms with Gasteiger partial charge < -0.3 is 4.74 Å². The lowest BCUT2D eigenvalue weighted by molar-refractivity contribution is -0.118. The van der Waals surface area contributed by atoms with Crippen LogP contribution in [0.15, 0.2) is 41.8 Å². The molecule has 2 aliphatic rings. The molecule has 26 heavy (non-hydrogen) atoms. The quantitative estimate of drug-likeness (QED) is 0.740. The van der Waals surface area contributed by atoms with E-state index in [4.69, 9.17) is 4.74 Å². The Morgan fingerprint density at radius 1 is 1.31 bits per heavy atom. The molecular formula is C19H20N2O4S. The number of pyridine rings is 1. The molecule has 1 aliphatic heterocycles. The Bertz CT molecular complexity index is 783. The Labute approximate surface area is 156 Å². The van der Waals surface area contributed by atoms with Crippen LogP contribution in [0.3, 0.4) is 0 Å². The van der Waals surface area contributed by atoms with Crippen molar-refractivity contribution < 1.29 is 19.1 Å². The molecule has 7 heteroatoms. The second-order valence-corrected chi connectivity index (χ2v) is 7.34. The van der Waals surface area contributed by atoms with Crippen LogP contribution in [0.5, 0.6) is 0 Å². The highest BCUT2D eigenvalue weighted by Gasteiger charge is 2.32. The first-order valence-electron chi connectivity index (χ1n) is 8.56. The number of aryl methyl sites for hydroxylation is 1. The van der Waals surface area contributed by atoms with Crippen LogP contribution in [-0.2, 0) is 16.0 Å². The average molecular weight is 372 g/mol. The third-order valence-electron chi connectivity index (χ3n) is 4.32. The summed E-state index contributed by atoms with van der Waals surface area (Å²) in [5.74, 6) is 0.367. The van der Waals surface area contributed by atoms with Gasteiger partial charge in [-0.3, -0.25) is 24.7 Å². The van der Waals surface area contributed by atoms with Crippen LogP contribution in [0, 0.1) is 0 Å². The van der Waals surface area contributed by atoms with E-state index < -0.39 is 0 Å². The van der Waals surface area contributed by atoms with Gasteiger partial charge in [0.15, 0.2) is 6.61 Å². The van der Waals surface area contributed by atoms with Gasteiger partial charge in [-0.05, 0) is 37.0 Å². The third kappa shape index (κ3) is 4.60. The maximum absolute atomic E-state index is 12.1. The van der Waals surface area contributed by atoms with E-state index in [-0.39, 0.29) is 28.8 Å². The average Bonchev–Trinajstić information content (AvgIpc) is 2.98. The van der Waals surface area contributed by atoms with Gasteiger partial charge in [0.25, 0.3) is 5.24 Å². The van der Waals surface area contributed by atoms with Gasteiger partial charge in [0, 0.05) is 12.6 Å². The van der Waals surface area contributed by atoms with Crippen LogP contribution in [0.4, 0.5) is 4.79 Å². The molecule has 1 aliphatic carbocycles. The van der Waals surface area contributed by atoms with Gasteiger partial charge in [-0.1, -0.05) is 36.4 Å². The van der Waals surface area contributed by atoms with Crippen molar-refractivity contribution in [3.63, 3.8) is 0 Å². The predicted molar refractivity (Wildman–Crippen MR) is 98.8 cm³/mol. The third-order valence-corrected chi connectivity index (χ3v) is 5.30. The van der Waals surface area contributed by atoms with Crippen molar-refractivity contribution in [1.29, 1.82) is 0 Å². The molecule has 2 heterocycles. The molecule has 1 atom stereocenters. The lowest BCUT2D eigenvalue weighted by Crippen LogP contribution is -2.24. The minimum atomic E-state index is -0.344. The van der Waals surface area contributed by atoms with Gasteiger partial charge in [0.1, 0.15) is 5.69 Å². The van der Waals surface area contributed by atoms with Gasteiger partial charge in [0.05, 0.1) is 11.0 Å². The number of hydrogen-bond donors (Lipinski definition) is 1. The van der Waals surface area contributed by atoms with Crippen LogP contribution in [-0.4, -0.2) is 33.8 Å². The molecule has 0 spiro atoms. The van der Waals surface area contributed by atoms with Gasteiger partial charge in [-0.25, -0.2) is 0 Å². The molecule has 1 fully saturated rings. The second-order valence-electron chi connectivity index (χ2n) is 6.16. The van der Waals surface area contributed by atoms with Gasteiger partial charge in [-0.15, -0.1) is 0 Å². The fourth-order valence-electron chi connectivity index (χ4n) is 2.75. The molecule has 6 nitrogen and oxygen atoms in total.